The highest BCUT2D eigenvalue weighted by molar-refractivity contribution is 6.08. The van der Waals surface area contributed by atoms with Crippen molar-refractivity contribution < 1.29 is 22.8 Å². The first-order valence-corrected chi connectivity index (χ1v) is 11.1. The largest absolute Gasteiger partial charge is 0.416 e. The number of hydrogen-bond donors (Lipinski definition) is 2. The van der Waals surface area contributed by atoms with E-state index in [9.17, 15) is 22.8 Å². The van der Waals surface area contributed by atoms with Crippen molar-refractivity contribution in [2.24, 2.45) is 5.73 Å². The maximum Gasteiger partial charge on any atom is 0.416 e. The van der Waals surface area contributed by atoms with Crippen molar-refractivity contribution in [2.75, 3.05) is 42.9 Å². The quantitative estimate of drug-likeness (QED) is 0.551. The second-order valence-corrected chi connectivity index (χ2v) is 8.35. The first-order chi connectivity index (χ1) is 16.7. The van der Waals surface area contributed by atoms with Gasteiger partial charge in [-0.1, -0.05) is 30.3 Å². The van der Waals surface area contributed by atoms with E-state index in [1.54, 1.807) is 24.3 Å². The van der Waals surface area contributed by atoms with Gasteiger partial charge in [-0.2, -0.15) is 13.2 Å². The SMILES string of the molecule is NC(=O)CN1CCN(c2ccc(NC(=O)c3ccccc3-c3ccc(C(F)(F)F)cc3)cc2)CC1. The van der Waals surface area contributed by atoms with Gasteiger partial charge in [0.15, 0.2) is 0 Å². The summed E-state index contributed by atoms with van der Waals surface area (Å²) in [6, 6.07) is 19.0. The zero-order valence-corrected chi connectivity index (χ0v) is 18.9. The van der Waals surface area contributed by atoms with Crippen LogP contribution in [0.4, 0.5) is 24.5 Å². The van der Waals surface area contributed by atoms with E-state index in [-0.39, 0.29) is 18.4 Å². The average Bonchev–Trinajstić information content (AvgIpc) is 2.84. The van der Waals surface area contributed by atoms with Gasteiger partial charge in [-0.05, 0) is 53.6 Å². The highest BCUT2D eigenvalue weighted by Gasteiger charge is 2.30. The molecule has 3 aromatic rings. The third-order valence-corrected chi connectivity index (χ3v) is 5.94. The van der Waals surface area contributed by atoms with Crippen LogP contribution in [-0.4, -0.2) is 49.4 Å². The number of nitrogens with zero attached hydrogens (tertiary/aromatic N) is 2. The van der Waals surface area contributed by atoms with E-state index >= 15 is 0 Å². The third kappa shape index (κ3) is 5.99. The second kappa shape index (κ2) is 10.2. The summed E-state index contributed by atoms with van der Waals surface area (Å²) in [4.78, 5) is 28.3. The topological polar surface area (TPSA) is 78.7 Å². The Hall–Kier alpha value is -3.85. The molecule has 3 aromatic carbocycles. The number of halogens is 3. The zero-order valence-electron chi connectivity index (χ0n) is 18.9. The lowest BCUT2D eigenvalue weighted by atomic mass is 9.98. The van der Waals surface area contributed by atoms with Crippen LogP contribution in [0, 0.1) is 0 Å². The fourth-order valence-electron chi connectivity index (χ4n) is 4.11. The molecule has 182 valence electrons. The van der Waals surface area contributed by atoms with Crippen molar-refractivity contribution in [3.8, 4) is 11.1 Å². The number of piperazine rings is 1. The van der Waals surface area contributed by atoms with Crippen LogP contribution >= 0.6 is 0 Å². The maximum atomic E-state index is 13.0. The smallest absolute Gasteiger partial charge is 0.369 e. The molecule has 3 N–H and O–H groups in total. The molecule has 6 nitrogen and oxygen atoms in total. The van der Waals surface area contributed by atoms with E-state index in [2.05, 4.69) is 10.2 Å². The van der Waals surface area contributed by atoms with E-state index in [1.807, 2.05) is 29.2 Å². The number of carbonyl (C=O) groups is 2. The van der Waals surface area contributed by atoms with Crippen LogP contribution in [0.15, 0.2) is 72.8 Å². The molecule has 0 atom stereocenters. The lowest BCUT2D eigenvalue weighted by Gasteiger charge is -2.35. The Bertz CT molecular complexity index is 1190. The van der Waals surface area contributed by atoms with Gasteiger partial charge in [0.25, 0.3) is 5.91 Å². The second-order valence-electron chi connectivity index (χ2n) is 8.35. The van der Waals surface area contributed by atoms with Crippen molar-refractivity contribution in [2.45, 2.75) is 6.18 Å². The van der Waals surface area contributed by atoms with Crippen molar-refractivity contribution >= 4 is 23.2 Å². The number of carbonyl (C=O) groups excluding carboxylic acids is 2. The minimum absolute atomic E-state index is 0.257. The van der Waals surface area contributed by atoms with Gasteiger partial charge in [0, 0.05) is 43.1 Å². The number of rotatable bonds is 6. The van der Waals surface area contributed by atoms with E-state index in [4.69, 9.17) is 5.73 Å². The molecule has 0 saturated carbocycles. The molecule has 4 rings (SSSR count). The molecule has 1 aliphatic rings. The van der Waals surface area contributed by atoms with Gasteiger partial charge in [0.05, 0.1) is 12.1 Å². The molecule has 1 heterocycles. The van der Waals surface area contributed by atoms with Gasteiger partial charge in [0.1, 0.15) is 0 Å². The van der Waals surface area contributed by atoms with Crippen LogP contribution in [0.5, 0.6) is 0 Å². The number of benzene rings is 3. The van der Waals surface area contributed by atoms with Crippen LogP contribution in [0.2, 0.25) is 0 Å². The molecule has 35 heavy (non-hydrogen) atoms. The molecule has 1 saturated heterocycles. The number of primary amides is 1. The number of hydrogen-bond acceptors (Lipinski definition) is 4. The van der Waals surface area contributed by atoms with Gasteiger partial charge in [-0.3, -0.25) is 14.5 Å². The van der Waals surface area contributed by atoms with Crippen LogP contribution in [0.3, 0.4) is 0 Å². The summed E-state index contributed by atoms with van der Waals surface area (Å²) < 4.78 is 38.7. The number of nitrogens with two attached hydrogens (primary N) is 1. The van der Waals surface area contributed by atoms with E-state index in [1.165, 1.54) is 12.1 Å². The molecule has 0 unspecified atom stereocenters. The predicted molar refractivity (Wildman–Crippen MR) is 129 cm³/mol. The minimum atomic E-state index is -4.42. The Morgan fingerprint density at radius 2 is 1.49 bits per heavy atom. The Morgan fingerprint density at radius 1 is 0.857 bits per heavy atom. The van der Waals surface area contributed by atoms with Gasteiger partial charge in [0.2, 0.25) is 5.91 Å². The van der Waals surface area contributed by atoms with Crippen molar-refractivity contribution in [3.05, 3.63) is 83.9 Å². The number of amides is 2. The fourth-order valence-corrected chi connectivity index (χ4v) is 4.11. The van der Waals surface area contributed by atoms with E-state index in [0.29, 0.717) is 22.4 Å². The van der Waals surface area contributed by atoms with Gasteiger partial charge in [-0.15, -0.1) is 0 Å². The first kappa shape index (κ1) is 24.3. The Morgan fingerprint density at radius 3 is 2.09 bits per heavy atom. The van der Waals surface area contributed by atoms with Crippen molar-refractivity contribution in [3.63, 3.8) is 0 Å². The molecule has 0 bridgehead atoms. The average molecular weight is 483 g/mol. The van der Waals surface area contributed by atoms with Crippen molar-refractivity contribution in [1.29, 1.82) is 0 Å². The zero-order chi connectivity index (χ0) is 25.0. The highest BCUT2D eigenvalue weighted by Crippen LogP contribution is 2.32. The summed E-state index contributed by atoms with van der Waals surface area (Å²) in [7, 11) is 0. The number of anilines is 2. The molecule has 0 radical (unpaired) electrons. The Kier molecular flexibility index (Phi) is 7.07. The molecule has 1 aliphatic heterocycles. The summed E-state index contributed by atoms with van der Waals surface area (Å²) in [5, 5.41) is 2.87. The lowest BCUT2D eigenvalue weighted by Crippen LogP contribution is -2.48. The molecule has 0 aromatic heterocycles. The van der Waals surface area contributed by atoms with Crippen LogP contribution < -0.4 is 16.0 Å². The lowest BCUT2D eigenvalue weighted by molar-refractivity contribution is -0.137. The molecule has 0 aliphatic carbocycles. The van der Waals surface area contributed by atoms with Gasteiger partial charge < -0.3 is 16.0 Å². The van der Waals surface area contributed by atoms with Gasteiger partial charge >= 0.3 is 6.18 Å². The molecule has 2 amide bonds. The summed E-state index contributed by atoms with van der Waals surface area (Å²) >= 11 is 0. The highest BCUT2D eigenvalue weighted by atomic mass is 19.4. The van der Waals surface area contributed by atoms with Crippen molar-refractivity contribution in [1.82, 2.24) is 4.90 Å². The van der Waals surface area contributed by atoms with Gasteiger partial charge in [-0.25, -0.2) is 0 Å². The molecular formula is C26H25F3N4O2. The minimum Gasteiger partial charge on any atom is -0.369 e. The normalized spacial score (nSPS) is 14.5. The monoisotopic (exact) mass is 482 g/mol. The summed E-state index contributed by atoms with van der Waals surface area (Å²) in [5.41, 5.74) is 7.57. The van der Waals surface area contributed by atoms with E-state index in [0.717, 1.165) is 44.0 Å². The standard InChI is InChI=1S/C26H25F3N4O2/c27-26(28,29)19-7-5-18(6-8-19)22-3-1-2-4-23(22)25(35)31-20-9-11-21(12-10-20)33-15-13-32(14-16-33)17-24(30)34/h1-12H,13-17H2,(H2,30,34)(H,31,35). The Labute approximate surface area is 201 Å². The van der Waals surface area contributed by atoms with Crippen LogP contribution in [-0.2, 0) is 11.0 Å². The molecule has 1 fully saturated rings. The number of alkyl halides is 3. The van der Waals surface area contributed by atoms with Crippen LogP contribution in [0.25, 0.3) is 11.1 Å². The van der Waals surface area contributed by atoms with E-state index < -0.39 is 11.7 Å². The maximum absolute atomic E-state index is 13.0. The number of nitrogens with one attached hydrogen (secondary N) is 1. The summed E-state index contributed by atoms with van der Waals surface area (Å²) in [6.07, 6.45) is -4.42. The van der Waals surface area contributed by atoms with Crippen LogP contribution in [0.1, 0.15) is 15.9 Å². The molecular weight excluding hydrogens is 457 g/mol. The summed E-state index contributed by atoms with van der Waals surface area (Å²) in [6.45, 7) is 3.26. The predicted octanol–water partition coefficient (Wildman–Crippen LogP) is 4.23. The fraction of sp³-hybridized carbons (Fsp3) is 0.231. The first-order valence-electron chi connectivity index (χ1n) is 11.1. The Balaban J connectivity index is 1.43. The third-order valence-electron chi connectivity index (χ3n) is 5.94. The molecule has 0 spiro atoms. The molecule has 9 heteroatoms. The summed E-state index contributed by atoms with van der Waals surface area (Å²) in [5.74, 6) is -0.688.